The summed E-state index contributed by atoms with van der Waals surface area (Å²) in [6.07, 6.45) is 4.28. The molecule has 1 aliphatic rings. The molecule has 0 aliphatic heterocycles. The van der Waals surface area contributed by atoms with Crippen molar-refractivity contribution < 1.29 is 4.84 Å². The first-order chi connectivity index (χ1) is 9.00. The van der Waals surface area contributed by atoms with Crippen molar-refractivity contribution in [1.82, 2.24) is 0 Å². The lowest BCUT2D eigenvalue weighted by Crippen LogP contribution is -2.16. The van der Waals surface area contributed by atoms with E-state index in [1.165, 1.54) is 16.8 Å². The molecule has 1 radical (unpaired) electrons. The molecule has 0 bridgehead atoms. The maximum atomic E-state index is 4.86. The van der Waals surface area contributed by atoms with Crippen LogP contribution in [-0.2, 0) is 10.3 Å². The van der Waals surface area contributed by atoms with E-state index < -0.39 is 0 Å². The van der Waals surface area contributed by atoms with E-state index in [9.17, 15) is 0 Å². The Morgan fingerprint density at radius 3 is 2.32 bits per heavy atom. The summed E-state index contributed by atoms with van der Waals surface area (Å²) in [5.41, 5.74) is 4.23. The molecule has 0 heterocycles. The lowest BCUT2D eigenvalue weighted by Gasteiger charge is -2.25. The van der Waals surface area contributed by atoms with Gasteiger partial charge in [-0.05, 0) is 42.2 Å². The largest absolute Gasteiger partial charge is 0.399 e. The predicted molar refractivity (Wildman–Crippen MR) is 80.4 cm³/mol. The highest BCUT2D eigenvalue weighted by molar-refractivity contribution is 5.85. The van der Waals surface area contributed by atoms with Crippen LogP contribution in [0.15, 0.2) is 29.4 Å². The van der Waals surface area contributed by atoms with Crippen LogP contribution in [0.5, 0.6) is 0 Å². The summed E-state index contributed by atoms with van der Waals surface area (Å²) >= 11 is 0. The number of oxime groups is 1. The van der Waals surface area contributed by atoms with Crippen LogP contribution in [0.4, 0.5) is 0 Å². The fourth-order valence-corrected chi connectivity index (χ4v) is 2.56. The van der Waals surface area contributed by atoms with Gasteiger partial charge in [-0.25, -0.2) is 0 Å². The van der Waals surface area contributed by atoms with E-state index in [1.807, 2.05) is 0 Å². The SMILES string of the molecule is CON=C1CC[C](c2cccc(C(C)(C)C)c2)CC1. The second kappa shape index (κ2) is 5.77. The first kappa shape index (κ1) is 14.1. The van der Waals surface area contributed by atoms with Gasteiger partial charge in [0.1, 0.15) is 7.11 Å². The quantitative estimate of drug-likeness (QED) is 0.716. The second-order valence-corrected chi connectivity index (χ2v) is 6.27. The minimum Gasteiger partial charge on any atom is -0.399 e. The van der Waals surface area contributed by atoms with E-state index >= 15 is 0 Å². The van der Waals surface area contributed by atoms with Gasteiger partial charge in [-0.3, -0.25) is 0 Å². The van der Waals surface area contributed by atoms with Gasteiger partial charge in [0.2, 0.25) is 0 Å². The third-order valence-electron chi connectivity index (χ3n) is 3.79. The highest BCUT2D eigenvalue weighted by atomic mass is 16.6. The maximum Gasteiger partial charge on any atom is 0.106 e. The first-order valence-corrected chi connectivity index (χ1v) is 7.05. The van der Waals surface area contributed by atoms with Gasteiger partial charge in [0.15, 0.2) is 0 Å². The van der Waals surface area contributed by atoms with E-state index in [-0.39, 0.29) is 5.41 Å². The van der Waals surface area contributed by atoms with Crippen molar-refractivity contribution in [2.45, 2.75) is 51.9 Å². The Balaban J connectivity index is 2.10. The van der Waals surface area contributed by atoms with Gasteiger partial charge in [0, 0.05) is 5.92 Å². The van der Waals surface area contributed by atoms with E-state index in [0.717, 1.165) is 25.7 Å². The van der Waals surface area contributed by atoms with Crippen LogP contribution in [0.1, 0.15) is 57.6 Å². The molecule has 1 saturated carbocycles. The van der Waals surface area contributed by atoms with E-state index in [2.05, 4.69) is 50.2 Å². The number of hydrogen-bond donors (Lipinski definition) is 0. The number of hydrogen-bond acceptors (Lipinski definition) is 2. The maximum absolute atomic E-state index is 4.86. The van der Waals surface area contributed by atoms with Crippen LogP contribution in [0, 0.1) is 5.92 Å². The topological polar surface area (TPSA) is 21.6 Å². The Labute approximate surface area is 116 Å². The molecule has 0 aromatic heterocycles. The molecular formula is C17H24NO. The Morgan fingerprint density at radius 2 is 1.74 bits per heavy atom. The van der Waals surface area contributed by atoms with Gasteiger partial charge in [-0.15, -0.1) is 0 Å². The molecule has 0 atom stereocenters. The lowest BCUT2D eigenvalue weighted by molar-refractivity contribution is 0.211. The standard InChI is InChI=1S/C17H24NO/c1-17(2,3)15-7-5-6-14(12-15)13-8-10-16(11-9-13)18-19-4/h5-7,12H,8-11H2,1-4H3. The molecule has 2 nitrogen and oxygen atoms in total. The van der Waals surface area contributed by atoms with Crippen molar-refractivity contribution in [2.24, 2.45) is 5.16 Å². The molecule has 0 spiro atoms. The van der Waals surface area contributed by atoms with Gasteiger partial charge in [0.25, 0.3) is 0 Å². The fraction of sp³-hybridized carbons (Fsp3) is 0.529. The molecule has 1 aliphatic carbocycles. The first-order valence-electron chi connectivity index (χ1n) is 7.05. The van der Waals surface area contributed by atoms with E-state index in [1.54, 1.807) is 13.0 Å². The van der Waals surface area contributed by atoms with Crippen LogP contribution in [-0.4, -0.2) is 12.8 Å². The molecule has 0 N–H and O–H groups in total. The summed E-state index contributed by atoms with van der Waals surface area (Å²) in [4.78, 5) is 4.86. The zero-order chi connectivity index (χ0) is 13.9. The number of rotatable bonds is 2. The smallest absolute Gasteiger partial charge is 0.106 e. The van der Waals surface area contributed by atoms with Crippen LogP contribution in [0.25, 0.3) is 0 Å². The molecule has 0 saturated heterocycles. The monoisotopic (exact) mass is 258 g/mol. The molecule has 2 heteroatoms. The zero-order valence-electron chi connectivity index (χ0n) is 12.5. The van der Waals surface area contributed by atoms with Gasteiger partial charge in [-0.1, -0.05) is 50.2 Å². The molecule has 103 valence electrons. The highest BCUT2D eigenvalue weighted by Crippen LogP contribution is 2.33. The lowest BCUT2D eigenvalue weighted by atomic mass is 9.80. The molecule has 19 heavy (non-hydrogen) atoms. The molecule has 1 aromatic rings. The third kappa shape index (κ3) is 3.59. The Morgan fingerprint density at radius 1 is 1.05 bits per heavy atom. The summed E-state index contributed by atoms with van der Waals surface area (Å²) in [6, 6.07) is 9.00. The molecular weight excluding hydrogens is 234 g/mol. The highest BCUT2D eigenvalue weighted by Gasteiger charge is 2.22. The molecule has 0 unspecified atom stereocenters. The van der Waals surface area contributed by atoms with E-state index in [4.69, 9.17) is 4.84 Å². The fourth-order valence-electron chi connectivity index (χ4n) is 2.56. The van der Waals surface area contributed by atoms with Gasteiger partial charge < -0.3 is 4.84 Å². The van der Waals surface area contributed by atoms with Crippen LogP contribution in [0.2, 0.25) is 0 Å². The number of benzene rings is 1. The predicted octanol–water partition coefficient (Wildman–Crippen LogP) is 4.48. The minimum atomic E-state index is 0.216. The average molecular weight is 258 g/mol. The van der Waals surface area contributed by atoms with Crippen molar-refractivity contribution >= 4 is 5.71 Å². The zero-order valence-corrected chi connectivity index (χ0v) is 12.5. The summed E-state index contributed by atoms with van der Waals surface area (Å²) < 4.78 is 0. The van der Waals surface area contributed by atoms with Crippen molar-refractivity contribution in [1.29, 1.82) is 0 Å². The van der Waals surface area contributed by atoms with Crippen LogP contribution in [0.3, 0.4) is 0 Å². The van der Waals surface area contributed by atoms with E-state index in [0.29, 0.717) is 0 Å². The summed E-state index contributed by atoms with van der Waals surface area (Å²) in [7, 11) is 1.62. The summed E-state index contributed by atoms with van der Waals surface area (Å²) in [5, 5.41) is 4.07. The molecule has 1 fully saturated rings. The molecule has 0 amide bonds. The Kier molecular flexibility index (Phi) is 4.28. The third-order valence-corrected chi connectivity index (χ3v) is 3.79. The second-order valence-electron chi connectivity index (χ2n) is 6.27. The van der Waals surface area contributed by atoms with Gasteiger partial charge in [-0.2, -0.15) is 0 Å². The summed E-state index contributed by atoms with van der Waals surface area (Å²) in [6.45, 7) is 6.79. The van der Waals surface area contributed by atoms with Crippen molar-refractivity contribution in [3.63, 3.8) is 0 Å². The molecule has 1 aromatic carbocycles. The average Bonchev–Trinajstić information content (AvgIpc) is 2.39. The normalized spacial score (nSPS) is 17.4. The van der Waals surface area contributed by atoms with Gasteiger partial charge >= 0.3 is 0 Å². The van der Waals surface area contributed by atoms with Gasteiger partial charge in [0.05, 0.1) is 5.71 Å². The summed E-state index contributed by atoms with van der Waals surface area (Å²) in [5.74, 6) is 1.56. The van der Waals surface area contributed by atoms with Crippen molar-refractivity contribution in [2.75, 3.05) is 7.11 Å². The minimum absolute atomic E-state index is 0.216. The van der Waals surface area contributed by atoms with Crippen molar-refractivity contribution in [3.8, 4) is 0 Å². The Hall–Kier alpha value is -1.31. The van der Waals surface area contributed by atoms with Crippen LogP contribution < -0.4 is 0 Å². The molecule has 2 rings (SSSR count). The van der Waals surface area contributed by atoms with Crippen LogP contribution >= 0.6 is 0 Å². The number of nitrogens with zero attached hydrogens (tertiary/aromatic N) is 1. The Bertz CT molecular complexity index is 447. The van der Waals surface area contributed by atoms with Crippen molar-refractivity contribution in [3.05, 3.63) is 41.3 Å².